The van der Waals surface area contributed by atoms with Crippen molar-refractivity contribution >= 4 is 23.9 Å². The van der Waals surface area contributed by atoms with Crippen LogP contribution in [0.15, 0.2) is 24.3 Å². The molecule has 1 aliphatic heterocycles. The van der Waals surface area contributed by atoms with Gasteiger partial charge in [0.15, 0.2) is 6.04 Å². The Bertz CT molecular complexity index is 643. The first kappa shape index (κ1) is 22.6. The Morgan fingerprint density at radius 3 is 1.81 bits per heavy atom. The zero-order chi connectivity index (χ0) is 20.8. The van der Waals surface area contributed by atoms with Crippen LogP contribution in [0.4, 0.5) is 13.2 Å². The molecule has 9 heteroatoms. The minimum absolute atomic E-state index is 0.0135. The Morgan fingerprint density at radius 1 is 1.00 bits per heavy atom. The third-order valence-electron chi connectivity index (χ3n) is 4.90. The van der Waals surface area contributed by atoms with Gasteiger partial charge in [0.05, 0.1) is 11.2 Å². The van der Waals surface area contributed by atoms with Gasteiger partial charge in [0.2, 0.25) is 0 Å². The van der Waals surface area contributed by atoms with Gasteiger partial charge < -0.3 is 13.9 Å². The van der Waals surface area contributed by atoms with E-state index in [0.29, 0.717) is 5.46 Å². The molecule has 0 bridgehead atoms. The van der Waals surface area contributed by atoms with E-state index in [-0.39, 0.29) is 5.56 Å². The van der Waals surface area contributed by atoms with Gasteiger partial charge in [-0.25, -0.2) is 0 Å². The molecule has 4 nitrogen and oxygen atoms in total. The quantitative estimate of drug-likeness (QED) is 0.614. The van der Waals surface area contributed by atoms with Gasteiger partial charge in [-0.05, 0) is 59.5 Å². The molecule has 0 aliphatic carbocycles. The maximum atomic E-state index is 13.5. The summed E-state index contributed by atoms with van der Waals surface area (Å²) < 4.78 is 65.9. The summed E-state index contributed by atoms with van der Waals surface area (Å²) in [5.74, 6) is 0. The number of hydrogen-bond donors (Lipinski definition) is 1. The van der Waals surface area contributed by atoms with Crippen LogP contribution in [0.2, 0.25) is 0 Å². The highest BCUT2D eigenvalue weighted by Crippen LogP contribution is 2.37. The molecule has 2 rings (SSSR count). The van der Waals surface area contributed by atoms with Crippen molar-refractivity contribution in [3.05, 3.63) is 29.8 Å². The Kier molecular flexibility index (Phi) is 6.06. The van der Waals surface area contributed by atoms with E-state index >= 15 is 0 Å². The summed E-state index contributed by atoms with van der Waals surface area (Å²) in [5, 5.41) is 0. The summed E-state index contributed by atoms with van der Waals surface area (Å²) >= 11 is -1.86. The van der Waals surface area contributed by atoms with Crippen LogP contribution in [0.3, 0.4) is 0 Å². The molecule has 1 fully saturated rings. The molecule has 0 aromatic heterocycles. The largest absolute Gasteiger partial charge is 0.598 e. The lowest BCUT2D eigenvalue weighted by Crippen LogP contribution is -2.45. The summed E-state index contributed by atoms with van der Waals surface area (Å²) in [5.41, 5.74) is -0.443. The highest BCUT2D eigenvalue weighted by Gasteiger charge is 2.52. The predicted molar refractivity (Wildman–Crippen MR) is 102 cm³/mol. The van der Waals surface area contributed by atoms with Gasteiger partial charge in [-0.15, -0.1) is 4.72 Å². The number of hydrogen-bond acceptors (Lipinski definition) is 4. The van der Waals surface area contributed by atoms with Gasteiger partial charge in [0.25, 0.3) is 0 Å². The highest BCUT2D eigenvalue weighted by atomic mass is 32.2. The van der Waals surface area contributed by atoms with E-state index in [1.807, 2.05) is 27.7 Å². The third kappa shape index (κ3) is 5.01. The Balaban J connectivity index is 2.23. The van der Waals surface area contributed by atoms with Crippen molar-refractivity contribution < 1.29 is 27.0 Å². The first-order valence-corrected chi connectivity index (χ1v) is 9.90. The van der Waals surface area contributed by atoms with Crippen molar-refractivity contribution in [3.63, 3.8) is 0 Å². The number of rotatable bonds is 4. The molecule has 1 saturated heterocycles. The van der Waals surface area contributed by atoms with Crippen LogP contribution in [-0.4, -0.2) is 33.8 Å². The number of benzene rings is 1. The molecule has 152 valence electrons. The molecule has 1 N–H and O–H groups in total. The zero-order valence-corrected chi connectivity index (χ0v) is 17.5. The van der Waals surface area contributed by atoms with Gasteiger partial charge in [0.1, 0.15) is 4.75 Å². The van der Waals surface area contributed by atoms with E-state index < -0.39 is 46.6 Å². The fourth-order valence-electron chi connectivity index (χ4n) is 2.43. The first-order valence-electron chi connectivity index (χ1n) is 8.75. The normalized spacial score (nSPS) is 22.0. The van der Waals surface area contributed by atoms with E-state index in [9.17, 15) is 17.7 Å². The lowest BCUT2D eigenvalue weighted by molar-refractivity contribution is -0.153. The molecule has 0 amide bonds. The Hall–Kier alpha value is -0.735. The number of nitrogens with one attached hydrogen (secondary N) is 1. The van der Waals surface area contributed by atoms with Crippen LogP contribution < -0.4 is 10.2 Å². The molecule has 0 spiro atoms. The summed E-state index contributed by atoms with van der Waals surface area (Å²) in [6.07, 6.45) is -4.58. The second-order valence-corrected chi connectivity index (χ2v) is 10.7. The van der Waals surface area contributed by atoms with Crippen LogP contribution in [0, 0.1) is 0 Å². The minimum Gasteiger partial charge on any atom is -0.598 e. The first-order chi connectivity index (χ1) is 12.0. The Labute approximate surface area is 162 Å². The third-order valence-corrected chi connectivity index (χ3v) is 6.47. The minimum atomic E-state index is -4.58. The molecule has 1 aromatic carbocycles. The van der Waals surface area contributed by atoms with Crippen molar-refractivity contribution in [1.29, 1.82) is 0 Å². The lowest BCUT2D eigenvalue weighted by Gasteiger charge is -2.32. The topological polar surface area (TPSA) is 53.5 Å². The molecular formula is C18H27BF3NO3S. The molecule has 1 unspecified atom stereocenters. The van der Waals surface area contributed by atoms with Crippen molar-refractivity contribution in [2.24, 2.45) is 0 Å². The van der Waals surface area contributed by atoms with Gasteiger partial charge in [-0.2, -0.15) is 13.2 Å². The molecule has 0 radical (unpaired) electrons. The van der Waals surface area contributed by atoms with Gasteiger partial charge in [0, 0.05) is 11.4 Å². The number of halogens is 3. The van der Waals surface area contributed by atoms with Crippen molar-refractivity contribution in [2.75, 3.05) is 0 Å². The van der Waals surface area contributed by atoms with Crippen molar-refractivity contribution in [1.82, 2.24) is 4.72 Å². The monoisotopic (exact) mass is 405 g/mol. The summed E-state index contributed by atoms with van der Waals surface area (Å²) in [6, 6.07) is 3.82. The maximum Gasteiger partial charge on any atom is 0.494 e. The zero-order valence-electron chi connectivity index (χ0n) is 16.7. The molecular weight excluding hydrogens is 378 g/mol. The van der Waals surface area contributed by atoms with Crippen LogP contribution in [0.25, 0.3) is 0 Å². The highest BCUT2D eigenvalue weighted by molar-refractivity contribution is 7.90. The summed E-state index contributed by atoms with van der Waals surface area (Å²) in [4.78, 5) is 0. The smallest absolute Gasteiger partial charge is 0.494 e. The van der Waals surface area contributed by atoms with Crippen LogP contribution >= 0.6 is 0 Å². The summed E-state index contributed by atoms with van der Waals surface area (Å²) in [7, 11) is -0.648. The molecule has 1 aromatic rings. The average Bonchev–Trinajstić information content (AvgIpc) is 2.71. The van der Waals surface area contributed by atoms with E-state index in [4.69, 9.17) is 9.31 Å². The molecule has 0 saturated carbocycles. The van der Waals surface area contributed by atoms with Crippen molar-refractivity contribution in [3.8, 4) is 0 Å². The standard InChI is InChI=1S/C18H27BF3NO3S/c1-15(2,3)27(24)23-14(18(20,21)22)12-8-10-13(11-9-12)19-25-16(4,5)17(6,7)26-19/h8-11,14,23H,1-7H3/t14-,27?/m1/s1. The van der Waals surface area contributed by atoms with E-state index in [0.717, 1.165) is 0 Å². The Morgan fingerprint density at radius 2 is 1.44 bits per heavy atom. The lowest BCUT2D eigenvalue weighted by atomic mass is 9.78. The second-order valence-electron chi connectivity index (χ2n) is 8.73. The van der Waals surface area contributed by atoms with Crippen molar-refractivity contribution in [2.45, 2.75) is 76.6 Å². The van der Waals surface area contributed by atoms with E-state index in [1.165, 1.54) is 12.1 Å². The van der Waals surface area contributed by atoms with Gasteiger partial charge >= 0.3 is 13.3 Å². The van der Waals surface area contributed by atoms with Gasteiger partial charge in [-0.3, -0.25) is 0 Å². The predicted octanol–water partition coefficient (Wildman–Crippen LogP) is 3.64. The molecule has 27 heavy (non-hydrogen) atoms. The van der Waals surface area contributed by atoms with Crippen LogP contribution in [-0.2, 0) is 20.7 Å². The average molecular weight is 405 g/mol. The van der Waals surface area contributed by atoms with E-state index in [2.05, 4.69) is 4.72 Å². The van der Waals surface area contributed by atoms with Crippen LogP contribution in [0.5, 0.6) is 0 Å². The maximum absolute atomic E-state index is 13.5. The SMILES string of the molecule is CC(C)(C)[S+]([O-])N[C@H](c1ccc(B2OC(C)(C)C(C)(C)O2)cc1)C(F)(F)F. The summed E-state index contributed by atoms with van der Waals surface area (Å²) in [6.45, 7) is 12.5. The fraction of sp³-hybridized carbons (Fsp3) is 0.667. The molecule has 1 aliphatic rings. The second kappa shape index (κ2) is 7.26. The molecule has 1 heterocycles. The number of alkyl halides is 3. The van der Waals surface area contributed by atoms with Gasteiger partial charge in [-0.1, -0.05) is 24.3 Å². The van der Waals surface area contributed by atoms with Crippen LogP contribution in [0.1, 0.15) is 60.1 Å². The fourth-order valence-corrected chi connectivity index (χ4v) is 3.27. The molecule has 2 atom stereocenters. The van der Waals surface area contributed by atoms with E-state index in [1.54, 1.807) is 32.9 Å².